The normalized spacial score (nSPS) is 40.7. The van der Waals surface area contributed by atoms with Crippen molar-refractivity contribution in [3.05, 3.63) is 11.6 Å². The third kappa shape index (κ3) is 4.98. The molecule has 0 radical (unpaired) electrons. The maximum Gasteiger partial charge on any atom is 0.436 e. The summed E-state index contributed by atoms with van der Waals surface area (Å²) in [4.78, 5) is 32.7. The van der Waals surface area contributed by atoms with Crippen LogP contribution in [0.15, 0.2) is 16.8 Å². The zero-order valence-corrected chi connectivity index (χ0v) is 24.4. The highest BCUT2D eigenvalue weighted by molar-refractivity contribution is 5.91. The van der Waals surface area contributed by atoms with Gasteiger partial charge in [-0.05, 0) is 112 Å². The molecule has 3 saturated carbocycles. The number of allylic oxidation sites excluding steroid dienone is 1. The molecule has 1 amide bonds. The molecule has 5 aliphatic rings. The number of likely N-dealkylation sites (N-methyl/N-ethyl adjacent to an activating group) is 1. The molecule has 7 heteroatoms. The molecule has 0 aromatic heterocycles. The molecule has 4 aliphatic carbocycles. The fraction of sp³-hybridized carbons (Fsp3) is 0.839. The molecular formula is C31H50N4O3. The topological polar surface area (TPSA) is 83.0 Å². The summed E-state index contributed by atoms with van der Waals surface area (Å²) in [5, 5.41) is 11.2. The number of rotatable bonds is 7. The van der Waals surface area contributed by atoms with Crippen LogP contribution in [0.2, 0.25) is 0 Å². The van der Waals surface area contributed by atoms with E-state index in [1.165, 1.54) is 31.3 Å². The van der Waals surface area contributed by atoms with Gasteiger partial charge in [0.25, 0.3) is 0 Å². The minimum absolute atomic E-state index is 0.206. The predicted octanol–water partition coefficient (Wildman–Crippen LogP) is 5.17. The lowest BCUT2D eigenvalue weighted by Gasteiger charge is -2.58. The second-order valence-electron chi connectivity index (χ2n) is 13.6. The van der Waals surface area contributed by atoms with Crippen molar-refractivity contribution in [2.75, 3.05) is 33.2 Å². The van der Waals surface area contributed by atoms with Gasteiger partial charge in [0, 0.05) is 38.0 Å². The molecule has 0 aromatic rings. The van der Waals surface area contributed by atoms with Gasteiger partial charge in [0.05, 0.1) is 5.71 Å². The van der Waals surface area contributed by atoms with Crippen molar-refractivity contribution < 1.29 is 14.4 Å². The Morgan fingerprint density at radius 3 is 2.71 bits per heavy atom. The van der Waals surface area contributed by atoms with E-state index in [9.17, 15) is 9.59 Å². The Bertz CT molecular complexity index is 978. The first-order chi connectivity index (χ1) is 18.2. The summed E-state index contributed by atoms with van der Waals surface area (Å²) in [5.41, 5.74) is 2.83. The van der Waals surface area contributed by atoms with Crippen molar-refractivity contribution in [2.24, 2.45) is 45.6 Å². The summed E-state index contributed by atoms with van der Waals surface area (Å²) in [6.45, 7) is 12.3. The van der Waals surface area contributed by atoms with Gasteiger partial charge in [-0.15, -0.1) is 0 Å². The van der Waals surface area contributed by atoms with E-state index in [1.807, 2.05) is 13.1 Å². The van der Waals surface area contributed by atoms with Crippen LogP contribution in [0.4, 0.5) is 4.79 Å². The summed E-state index contributed by atoms with van der Waals surface area (Å²) in [5.74, 6) is 3.35. The first-order valence-electron chi connectivity index (χ1n) is 15.3. The lowest BCUT2D eigenvalue weighted by molar-refractivity contribution is -0.117. The van der Waals surface area contributed by atoms with Crippen molar-refractivity contribution in [3.63, 3.8) is 0 Å². The molecule has 4 fully saturated rings. The van der Waals surface area contributed by atoms with Gasteiger partial charge in [0.2, 0.25) is 0 Å². The number of carbonyl (C=O) groups is 2. The lowest BCUT2D eigenvalue weighted by Crippen LogP contribution is -2.51. The van der Waals surface area contributed by atoms with Gasteiger partial charge in [-0.1, -0.05) is 31.5 Å². The molecule has 1 aliphatic heterocycles. The van der Waals surface area contributed by atoms with Crippen LogP contribution in [-0.2, 0) is 9.63 Å². The number of nitrogens with one attached hydrogen (secondary N) is 2. The molecule has 38 heavy (non-hydrogen) atoms. The Morgan fingerprint density at radius 1 is 1.16 bits per heavy atom. The lowest BCUT2D eigenvalue weighted by atomic mass is 9.46. The van der Waals surface area contributed by atoms with E-state index in [4.69, 9.17) is 4.84 Å². The highest BCUT2D eigenvalue weighted by Crippen LogP contribution is 2.66. The number of oxime groups is 1. The van der Waals surface area contributed by atoms with Crippen LogP contribution in [0.5, 0.6) is 0 Å². The Kier molecular flexibility index (Phi) is 8.08. The van der Waals surface area contributed by atoms with Gasteiger partial charge >= 0.3 is 6.09 Å². The molecule has 0 spiro atoms. The Hall–Kier alpha value is -1.73. The van der Waals surface area contributed by atoms with E-state index in [1.54, 1.807) is 4.90 Å². The minimum Gasteiger partial charge on any atom is -0.318 e. The molecule has 0 aromatic carbocycles. The molecule has 5 rings (SSSR count). The smallest absolute Gasteiger partial charge is 0.318 e. The van der Waals surface area contributed by atoms with Crippen LogP contribution in [0.25, 0.3) is 0 Å². The van der Waals surface area contributed by atoms with Gasteiger partial charge in [-0.3, -0.25) is 9.63 Å². The van der Waals surface area contributed by atoms with Crippen LogP contribution >= 0.6 is 0 Å². The van der Waals surface area contributed by atoms with E-state index in [2.05, 4.69) is 43.5 Å². The zero-order chi connectivity index (χ0) is 27.1. The predicted molar refractivity (Wildman–Crippen MR) is 151 cm³/mol. The monoisotopic (exact) mass is 526 g/mol. The number of hydrogen-bond donors (Lipinski definition) is 2. The molecule has 0 bridgehead atoms. The highest BCUT2D eigenvalue weighted by Gasteiger charge is 2.59. The fourth-order valence-electron chi connectivity index (χ4n) is 9.36. The quantitative estimate of drug-likeness (QED) is 0.272. The molecule has 2 N–H and O–H groups in total. The van der Waals surface area contributed by atoms with Gasteiger partial charge in [0.15, 0.2) is 5.78 Å². The number of fused-ring (bicyclic) bond motifs is 5. The average molecular weight is 527 g/mol. The Balaban J connectivity index is 1.25. The van der Waals surface area contributed by atoms with Crippen molar-refractivity contribution in [1.82, 2.24) is 15.5 Å². The van der Waals surface area contributed by atoms with E-state index < -0.39 is 0 Å². The fourth-order valence-corrected chi connectivity index (χ4v) is 9.36. The highest BCUT2D eigenvalue weighted by atomic mass is 16.7. The molecule has 212 valence electrons. The van der Waals surface area contributed by atoms with Gasteiger partial charge in [-0.2, -0.15) is 0 Å². The number of amides is 1. The Labute approximate surface area is 229 Å². The number of hydrogen-bond acceptors (Lipinski definition) is 6. The second-order valence-corrected chi connectivity index (χ2v) is 13.6. The van der Waals surface area contributed by atoms with Crippen LogP contribution in [-0.4, -0.2) is 61.8 Å². The number of ketones is 1. The molecule has 7 nitrogen and oxygen atoms in total. The van der Waals surface area contributed by atoms with Crippen molar-refractivity contribution in [3.8, 4) is 0 Å². The summed E-state index contributed by atoms with van der Waals surface area (Å²) < 4.78 is 0. The Morgan fingerprint density at radius 2 is 1.97 bits per heavy atom. The van der Waals surface area contributed by atoms with Crippen molar-refractivity contribution in [1.29, 1.82) is 0 Å². The number of carbonyl (C=O) groups excluding carboxylic acids is 2. The van der Waals surface area contributed by atoms with E-state index in [0.29, 0.717) is 55.0 Å². The standard InChI is InChI=1S/C31H50N4O3/c1-20-12-15-33-28(20)19-35(17-16-32-5)29(37)38-34-21(2)25-8-9-26-24-7-6-22-18-23(36)10-13-30(22,3)27(24)11-14-31(25,26)4/h18,20,24-28,32-33H,6-17,19H2,1-5H3/b34-21+/t20?,24-,25+,26-,27-,28?,30-,31+/m0/s1. The number of nitrogens with zero attached hydrogens (tertiary/aromatic N) is 2. The zero-order valence-electron chi connectivity index (χ0n) is 24.4. The maximum absolute atomic E-state index is 13.1. The average Bonchev–Trinajstić information content (AvgIpc) is 3.47. The van der Waals surface area contributed by atoms with E-state index in [0.717, 1.165) is 50.4 Å². The molecule has 2 unspecified atom stereocenters. The van der Waals surface area contributed by atoms with Crippen LogP contribution in [0, 0.1) is 40.4 Å². The van der Waals surface area contributed by atoms with Crippen LogP contribution in [0.1, 0.15) is 85.5 Å². The van der Waals surface area contributed by atoms with Gasteiger partial charge in [0.1, 0.15) is 0 Å². The molecule has 8 atom stereocenters. The molecule has 1 heterocycles. The summed E-state index contributed by atoms with van der Waals surface area (Å²) >= 11 is 0. The van der Waals surface area contributed by atoms with Crippen LogP contribution in [0.3, 0.4) is 0 Å². The summed E-state index contributed by atoms with van der Waals surface area (Å²) in [6, 6.07) is 0.309. The first kappa shape index (κ1) is 27.8. The third-order valence-electron chi connectivity index (χ3n) is 11.7. The second kappa shape index (κ2) is 11.0. The van der Waals surface area contributed by atoms with Crippen molar-refractivity contribution in [2.45, 2.75) is 91.5 Å². The van der Waals surface area contributed by atoms with E-state index >= 15 is 0 Å². The SMILES string of the molecule is CNCCN(CC1NCCC1C)C(=O)O/N=C(\C)[C@H]1CC[C@H]2[C@@H]3CCC4=CC(=O)CC[C@]4(C)[C@H]3CC[C@]12C. The first-order valence-corrected chi connectivity index (χ1v) is 15.3. The molecular weight excluding hydrogens is 476 g/mol. The summed E-state index contributed by atoms with van der Waals surface area (Å²) in [7, 11) is 1.91. The van der Waals surface area contributed by atoms with Crippen LogP contribution < -0.4 is 10.6 Å². The maximum atomic E-state index is 13.1. The van der Waals surface area contributed by atoms with Gasteiger partial charge in [-0.25, -0.2) is 4.79 Å². The minimum atomic E-state index is -0.338. The van der Waals surface area contributed by atoms with Gasteiger partial charge < -0.3 is 15.5 Å². The third-order valence-corrected chi connectivity index (χ3v) is 11.7. The van der Waals surface area contributed by atoms with E-state index in [-0.39, 0.29) is 16.9 Å². The molecule has 1 saturated heterocycles. The largest absolute Gasteiger partial charge is 0.436 e. The van der Waals surface area contributed by atoms with Crippen molar-refractivity contribution >= 4 is 17.6 Å². The summed E-state index contributed by atoms with van der Waals surface area (Å²) in [6.07, 6.45) is 11.6.